The quantitative estimate of drug-likeness (QED) is 0.382. The van der Waals surface area contributed by atoms with Crippen molar-refractivity contribution >= 4 is 5.71 Å². The molecule has 3 nitrogen and oxygen atoms in total. The van der Waals surface area contributed by atoms with Crippen LogP contribution in [-0.2, 0) is 0 Å². The number of nitrogens with zero attached hydrogens (tertiary/aromatic N) is 1. The number of rotatable bonds is 5. The van der Waals surface area contributed by atoms with Gasteiger partial charge >= 0.3 is 0 Å². The third-order valence-electron chi connectivity index (χ3n) is 10.3. The van der Waals surface area contributed by atoms with Crippen LogP contribution >= 0.6 is 0 Å². The summed E-state index contributed by atoms with van der Waals surface area (Å²) in [6.07, 6.45) is 14.0. The van der Waals surface area contributed by atoms with Crippen molar-refractivity contribution < 1.29 is 10.3 Å². The van der Waals surface area contributed by atoms with Crippen LogP contribution in [0.4, 0.5) is 0 Å². The van der Waals surface area contributed by atoms with Crippen molar-refractivity contribution in [2.45, 2.75) is 105 Å². The highest BCUT2D eigenvalue weighted by atomic mass is 16.4. The van der Waals surface area contributed by atoms with E-state index < -0.39 is 0 Å². The average Bonchev–Trinajstić information content (AvgIpc) is 3.05. The Balaban J connectivity index is 1.53. The lowest BCUT2D eigenvalue weighted by molar-refractivity contribution is -0.0819. The zero-order valence-electron chi connectivity index (χ0n) is 20.0. The fourth-order valence-electron chi connectivity index (χ4n) is 8.72. The number of aliphatic hydroxyl groups excluding tert-OH is 1. The van der Waals surface area contributed by atoms with Crippen LogP contribution in [0.15, 0.2) is 16.8 Å². The third kappa shape index (κ3) is 3.57. The van der Waals surface area contributed by atoms with Crippen LogP contribution < -0.4 is 0 Å². The first-order valence-electron chi connectivity index (χ1n) is 12.8. The summed E-state index contributed by atoms with van der Waals surface area (Å²) in [5, 5.41) is 23.9. The molecule has 0 aromatic rings. The molecule has 0 unspecified atom stereocenters. The topological polar surface area (TPSA) is 52.8 Å². The Labute approximate surface area is 184 Å². The molecule has 0 aliphatic heterocycles. The van der Waals surface area contributed by atoms with E-state index in [2.05, 4.69) is 39.8 Å². The molecule has 0 amide bonds. The Kier molecular flexibility index (Phi) is 6.16. The summed E-state index contributed by atoms with van der Waals surface area (Å²) in [6.45, 7) is 12.2. The molecule has 0 bridgehead atoms. The summed E-state index contributed by atoms with van der Waals surface area (Å²) >= 11 is 0. The fourth-order valence-corrected chi connectivity index (χ4v) is 8.72. The van der Waals surface area contributed by atoms with Gasteiger partial charge in [0.05, 0.1) is 11.8 Å². The second-order valence-electron chi connectivity index (χ2n) is 12.3. The van der Waals surface area contributed by atoms with Crippen LogP contribution in [0.3, 0.4) is 0 Å². The number of hydrogen-bond donors (Lipinski definition) is 2. The average molecular weight is 416 g/mol. The molecule has 3 saturated carbocycles. The number of fused-ring (bicyclic) bond motifs is 5. The van der Waals surface area contributed by atoms with E-state index in [-0.39, 0.29) is 11.5 Å². The summed E-state index contributed by atoms with van der Waals surface area (Å²) in [4.78, 5) is 0. The number of oxime groups is 1. The van der Waals surface area contributed by atoms with Crippen molar-refractivity contribution in [3.63, 3.8) is 0 Å². The Morgan fingerprint density at radius 3 is 2.53 bits per heavy atom. The molecule has 0 radical (unpaired) electrons. The van der Waals surface area contributed by atoms with Crippen molar-refractivity contribution in [1.82, 2.24) is 0 Å². The molecule has 0 heterocycles. The van der Waals surface area contributed by atoms with Gasteiger partial charge in [-0.3, -0.25) is 0 Å². The van der Waals surface area contributed by atoms with Crippen molar-refractivity contribution in [2.24, 2.45) is 51.5 Å². The van der Waals surface area contributed by atoms with Crippen molar-refractivity contribution in [3.8, 4) is 0 Å². The van der Waals surface area contributed by atoms with E-state index in [1.165, 1.54) is 44.9 Å². The molecule has 2 N–H and O–H groups in total. The van der Waals surface area contributed by atoms with E-state index in [0.29, 0.717) is 17.3 Å². The Morgan fingerprint density at radius 2 is 1.83 bits per heavy atom. The van der Waals surface area contributed by atoms with Gasteiger partial charge in [-0.1, -0.05) is 59.0 Å². The molecule has 4 rings (SSSR count). The molecule has 0 saturated heterocycles. The van der Waals surface area contributed by atoms with E-state index in [1.54, 1.807) is 0 Å². The van der Waals surface area contributed by atoms with E-state index in [0.717, 1.165) is 54.2 Å². The van der Waals surface area contributed by atoms with Gasteiger partial charge in [-0.15, -0.1) is 0 Å². The molecule has 30 heavy (non-hydrogen) atoms. The molecule has 3 heteroatoms. The minimum atomic E-state index is -0.363. The lowest BCUT2D eigenvalue weighted by Crippen LogP contribution is -2.54. The van der Waals surface area contributed by atoms with Gasteiger partial charge < -0.3 is 10.3 Å². The molecule has 3 fully saturated rings. The van der Waals surface area contributed by atoms with Crippen LogP contribution in [0, 0.1) is 46.3 Å². The van der Waals surface area contributed by atoms with Crippen LogP contribution in [-0.4, -0.2) is 22.1 Å². The first-order valence-corrected chi connectivity index (χ1v) is 12.8. The van der Waals surface area contributed by atoms with Gasteiger partial charge in [0.2, 0.25) is 0 Å². The Hall–Kier alpha value is -0.830. The zero-order valence-corrected chi connectivity index (χ0v) is 20.0. The molecule has 170 valence electrons. The maximum atomic E-state index is 11.2. The number of allylic oxidation sites excluding steroid dienone is 1. The van der Waals surface area contributed by atoms with Gasteiger partial charge in [0.1, 0.15) is 0 Å². The summed E-state index contributed by atoms with van der Waals surface area (Å²) in [6, 6.07) is 0. The highest BCUT2D eigenvalue weighted by Gasteiger charge is 2.60. The predicted octanol–water partition coefficient (Wildman–Crippen LogP) is 6.83. The minimum absolute atomic E-state index is 0.0822. The summed E-state index contributed by atoms with van der Waals surface area (Å²) in [7, 11) is 0. The van der Waals surface area contributed by atoms with Crippen molar-refractivity contribution in [3.05, 3.63) is 11.6 Å². The number of aliphatic hydroxyl groups is 1. The molecule has 0 aromatic heterocycles. The molecular formula is C27H45NO2. The first kappa shape index (κ1) is 22.4. The third-order valence-corrected chi connectivity index (χ3v) is 10.3. The maximum absolute atomic E-state index is 11.2. The van der Waals surface area contributed by atoms with Crippen LogP contribution in [0.2, 0.25) is 0 Å². The van der Waals surface area contributed by atoms with Gasteiger partial charge in [-0.25, -0.2) is 0 Å². The highest BCUT2D eigenvalue weighted by Crippen LogP contribution is 2.67. The molecular weight excluding hydrogens is 370 g/mol. The first-order chi connectivity index (χ1) is 14.2. The Bertz CT molecular complexity index is 697. The lowest BCUT2D eigenvalue weighted by atomic mass is 9.46. The normalized spacial score (nSPS) is 45.6. The van der Waals surface area contributed by atoms with E-state index >= 15 is 0 Å². The molecule has 0 aromatic carbocycles. The largest absolute Gasteiger partial charge is 0.411 e. The van der Waals surface area contributed by atoms with Gasteiger partial charge in [-0.05, 0) is 103 Å². The van der Waals surface area contributed by atoms with Crippen molar-refractivity contribution in [1.29, 1.82) is 0 Å². The SMILES string of the molecule is CC(C)CCC[C@@H](C)[C@H]1CC[C@H]2[C@@H]3C[C@@H](O)C4=C/C(=N/O)CC[C@]4(C)[C@H]3CC[C@]12C. The summed E-state index contributed by atoms with van der Waals surface area (Å²) < 4.78 is 0. The van der Waals surface area contributed by atoms with Crippen LogP contribution in [0.5, 0.6) is 0 Å². The number of hydrogen-bond acceptors (Lipinski definition) is 3. The molecule has 8 atom stereocenters. The summed E-state index contributed by atoms with van der Waals surface area (Å²) in [5.74, 6) is 4.61. The zero-order chi connectivity index (χ0) is 21.7. The van der Waals surface area contributed by atoms with Crippen molar-refractivity contribution in [2.75, 3.05) is 0 Å². The standard InChI is InChI=1S/C27H45NO2/c1-17(2)7-6-8-18(3)21-9-10-22-20-16-25(29)24-15-19(28-30)11-13-27(24,5)23(20)12-14-26(21,22)4/h15,17-18,20-23,25,29-30H,6-14,16H2,1-5H3/b28-19+/t18-,20+,21-,22+,23+,25-,26-,27-/m1/s1. The molecule has 4 aliphatic rings. The van der Waals surface area contributed by atoms with Gasteiger partial charge in [0.25, 0.3) is 0 Å². The van der Waals surface area contributed by atoms with Gasteiger partial charge in [0, 0.05) is 0 Å². The second-order valence-corrected chi connectivity index (χ2v) is 12.3. The molecule has 0 spiro atoms. The van der Waals surface area contributed by atoms with E-state index in [1.807, 2.05) is 6.08 Å². The van der Waals surface area contributed by atoms with E-state index in [9.17, 15) is 10.3 Å². The highest BCUT2D eigenvalue weighted by molar-refractivity contribution is 5.96. The van der Waals surface area contributed by atoms with Crippen LogP contribution in [0.25, 0.3) is 0 Å². The minimum Gasteiger partial charge on any atom is -0.411 e. The smallest absolute Gasteiger partial charge is 0.0796 e. The Morgan fingerprint density at radius 1 is 1.07 bits per heavy atom. The summed E-state index contributed by atoms with van der Waals surface area (Å²) in [5.41, 5.74) is 2.45. The lowest BCUT2D eigenvalue weighted by Gasteiger charge is -2.59. The van der Waals surface area contributed by atoms with Gasteiger partial charge in [0.15, 0.2) is 0 Å². The predicted molar refractivity (Wildman–Crippen MR) is 124 cm³/mol. The second kappa shape index (κ2) is 8.26. The molecule has 4 aliphatic carbocycles. The fraction of sp³-hybridized carbons (Fsp3) is 0.889. The monoisotopic (exact) mass is 415 g/mol. The van der Waals surface area contributed by atoms with E-state index in [4.69, 9.17) is 0 Å². The maximum Gasteiger partial charge on any atom is 0.0796 e. The van der Waals surface area contributed by atoms with Gasteiger partial charge in [-0.2, -0.15) is 0 Å². The van der Waals surface area contributed by atoms with Crippen LogP contribution in [0.1, 0.15) is 98.8 Å².